The smallest absolute Gasteiger partial charge is 0.0681 e. The Morgan fingerprint density at radius 1 is 0.926 bits per heavy atom. The molecule has 4 nitrogen and oxygen atoms in total. The number of nitrogens with zero attached hydrogens (tertiary/aromatic N) is 3. The van der Waals surface area contributed by atoms with Crippen molar-refractivity contribution in [2.24, 2.45) is 5.92 Å². The highest BCUT2D eigenvalue weighted by atomic mass is 16.3. The molecule has 0 unspecified atom stereocenters. The third-order valence-electron chi connectivity index (χ3n) is 5.40. The lowest BCUT2D eigenvalue weighted by Crippen LogP contribution is -2.20. The Kier molecular flexibility index (Phi) is 5.66. The highest BCUT2D eigenvalue weighted by Gasteiger charge is 2.22. The van der Waals surface area contributed by atoms with Gasteiger partial charge < -0.3 is 5.11 Å². The maximum atomic E-state index is 9.17. The summed E-state index contributed by atoms with van der Waals surface area (Å²) in [6, 6.07) is 19.2. The van der Waals surface area contributed by atoms with Crippen LogP contribution >= 0.6 is 0 Å². The predicted octanol–water partition coefficient (Wildman–Crippen LogP) is 3.49. The summed E-state index contributed by atoms with van der Waals surface area (Å²) in [7, 11) is 0. The molecule has 0 bridgehead atoms. The van der Waals surface area contributed by atoms with Crippen LogP contribution in [0.3, 0.4) is 0 Å². The molecule has 0 aliphatic carbocycles. The Bertz CT molecular complexity index is 842. The van der Waals surface area contributed by atoms with Crippen molar-refractivity contribution in [3.63, 3.8) is 0 Å². The zero-order valence-corrected chi connectivity index (χ0v) is 15.7. The quantitative estimate of drug-likeness (QED) is 0.700. The maximum Gasteiger partial charge on any atom is 0.0681 e. The summed E-state index contributed by atoms with van der Waals surface area (Å²) in [6.07, 6.45) is 6.21. The van der Waals surface area contributed by atoms with Crippen LogP contribution in [0.4, 0.5) is 0 Å². The Labute approximate surface area is 161 Å². The van der Waals surface area contributed by atoms with Gasteiger partial charge in [-0.15, -0.1) is 0 Å². The number of aliphatic hydroxyl groups is 1. The van der Waals surface area contributed by atoms with E-state index in [0.29, 0.717) is 0 Å². The fourth-order valence-corrected chi connectivity index (χ4v) is 4.00. The summed E-state index contributed by atoms with van der Waals surface area (Å²) in [5.41, 5.74) is 5.05. The molecule has 0 radical (unpaired) electrons. The van der Waals surface area contributed by atoms with Crippen LogP contribution in [0.2, 0.25) is 0 Å². The first-order valence-electron chi connectivity index (χ1n) is 9.75. The molecule has 0 amide bonds. The van der Waals surface area contributed by atoms with E-state index >= 15 is 0 Å². The molecule has 3 aromatic rings. The van der Waals surface area contributed by atoms with E-state index in [9.17, 15) is 0 Å². The summed E-state index contributed by atoms with van der Waals surface area (Å²) in [5, 5.41) is 13.5. The minimum Gasteiger partial charge on any atom is -0.392 e. The van der Waals surface area contributed by atoms with Gasteiger partial charge in [-0.1, -0.05) is 48.5 Å². The first-order valence-corrected chi connectivity index (χ1v) is 9.75. The zero-order chi connectivity index (χ0) is 18.5. The summed E-state index contributed by atoms with van der Waals surface area (Å²) >= 11 is 0. The molecular formula is C23H27N3O. The first-order chi connectivity index (χ1) is 13.3. The highest BCUT2D eigenvalue weighted by Crippen LogP contribution is 2.23. The summed E-state index contributed by atoms with van der Waals surface area (Å²) in [6.45, 7) is 4.30. The lowest BCUT2D eigenvalue weighted by Gasteiger charge is -2.17. The highest BCUT2D eigenvalue weighted by molar-refractivity contribution is 5.24. The molecule has 27 heavy (non-hydrogen) atoms. The van der Waals surface area contributed by atoms with E-state index in [1.807, 2.05) is 35.3 Å². The normalized spacial score (nSPS) is 17.4. The molecule has 1 aliphatic rings. The average Bonchev–Trinajstić information content (AvgIpc) is 3.35. The van der Waals surface area contributed by atoms with Gasteiger partial charge in [0.05, 0.1) is 13.2 Å². The molecule has 2 heterocycles. The molecule has 1 aromatic heterocycles. The third kappa shape index (κ3) is 4.85. The van der Waals surface area contributed by atoms with Crippen molar-refractivity contribution in [1.29, 1.82) is 0 Å². The topological polar surface area (TPSA) is 41.3 Å². The minimum atomic E-state index is 0.122. The lowest BCUT2D eigenvalue weighted by atomic mass is 9.98. The molecule has 2 aromatic carbocycles. The van der Waals surface area contributed by atoms with Gasteiger partial charge in [0.15, 0.2) is 0 Å². The molecule has 0 spiro atoms. The number of rotatable bonds is 7. The second-order valence-electron chi connectivity index (χ2n) is 7.59. The number of hydrogen-bond acceptors (Lipinski definition) is 3. The molecule has 1 fully saturated rings. The van der Waals surface area contributed by atoms with Crippen molar-refractivity contribution in [2.75, 3.05) is 13.1 Å². The molecule has 140 valence electrons. The van der Waals surface area contributed by atoms with Gasteiger partial charge in [-0.3, -0.25) is 9.58 Å². The molecule has 4 heteroatoms. The second-order valence-corrected chi connectivity index (χ2v) is 7.59. The van der Waals surface area contributed by atoms with Crippen molar-refractivity contribution in [1.82, 2.24) is 14.7 Å². The Balaban J connectivity index is 1.31. The van der Waals surface area contributed by atoms with Crippen molar-refractivity contribution in [3.05, 3.63) is 89.2 Å². The molecule has 1 N–H and O–H groups in total. The van der Waals surface area contributed by atoms with Crippen LogP contribution in [-0.4, -0.2) is 32.9 Å². The fraction of sp³-hybridized carbons (Fsp3) is 0.348. The SMILES string of the molecule is OCc1ccc(C[C@@H]2CCN(Cc3cccc(Cn4cccn4)c3)C2)cc1. The Morgan fingerprint density at radius 3 is 2.44 bits per heavy atom. The summed E-state index contributed by atoms with van der Waals surface area (Å²) in [4.78, 5) is 2.57. The monoisotopic (exact) mass is 361 g/mol. The number of benzene rings is 2. The van der Waals surface area contributed by atoms with Gasteiger partial charge in [0, 0.05) is 25.5 Å². The molecule has 4 rings (SSSR count). The number of hydrogen-bond donors (Lipinski definition) is 1. The average molecular weight is 361 g/mol. The molecule has 1 aliphatic heterocycles. The van der Waals surface area contributed by atoms with Crippen LogP contribution in [-0.2, 0) is 26.1 Å². The van der Waals surface area contributed by atoms with Crippen LogP contribution in [0, 0.1) is 5.92 Å². The van der Waals surface area contributed by atoms with Gasteiger partial charge >= 0.3 is 0 Å². The van der Waals surface area contributed by atoms with Gasteiger partial charge in [0.25, 0.3) is 0 Å². The van der Waals surface area contributed by atoms with Gasteiger partial charge in [0.2, 0.25) is 0 Å². The van der Waals surface area contributed by atoms with Crippen LogP contribution in [0.25, 0.3) is 0 Å². The van der Waals surface area contributed by atoms with E-state index in [-0.39, 0.29) is 6.61 Å². The largest absolute Gasteiger partial charge is 0.392 e. The Hall–Kier alpha value is -2.43. The van der Waals surface area contributed by atoms with E-state index in [1.165, 1.54) is 29.7 Å². The standard InChI is InChI=1S/C23H27N3O/c27-18-20-7-5-19(6-8-20)13-23-9-12-25(16-23)15-21-3-1-4-22(14-21)17-26-11-2-10-24-26/h1-8,10-11,14,23,27H,9,12-13,15-18H2/t23-/m0/s1. The minimum absolute atomic E-state index is 0.122. The van der Waals surface area contributed by atoms with E-state index in [4.69, 9.17) is 5.11 Å². The van der Waals surface area contributed by atoms with Gasteiger partial charge in [-0.05, 0) is 53.6 Å². The number of aromatic nitrogens is 2. The molecule has 1 saturated heterocycles. The van der Waals surface area contributed by atoms with E-state index in [1.54, 1.807) is 0 Å². The maximum absolute atomic E-state index is 9.17. The van der Waals surface area contributed by atoms with Gasteiger partial charge in [-0.2, -0.15) is 5.10 Å². The van der Waals surface area contributed by atoms with Gasteiger partial charge in [0.1, 0.15) is 0 Å². The van der Waals surface area contributed by atoms with Crippen molar-refractivity contribution in [2.45, 2.75) is 32.5 Å². The zero-order valence-electron chi connectivity index (χ0n) is 15.7. The molecule has 0 saturated carbocycles. The molecular weight excluding hydrogens is 334 g/mol. The predicted molar refractivity (Wildman–Crippen MR) is 107 cm³/mol. The van der Waals surface area contributed by atoms with Crippen LogP contribution in [0.5, 0.6) is 0 Å². The molecule has 1 atom stereocenters. The van der Waals surface area contributed by atoms with E-state index in [0.717, 1.165) is 37.5 Å². The van der Waals surface area contributed by atoms with Crippen molar-refractivity contribution >= 4 is 0 Å². The first kappa shape index (κ1) is 18.0. The van der Waals surface area contributed by atoms with Crippen LogP contribution in [0.1, 0.15) is 28.7 Å². The van der Waals surface area contributed by atoms with Crippen molar-refractivity contribution in [3.8, 4) is 0 Å². The lowest BCUT2D eigenvalue weighted by molar-refractivity contribution is 0.282. The summed E-state index contributed by atoms with van der Waals surface area (Å²) < 4.78 is 1.97. The Morgan fingerprint density at radius 2 is 1.70 bits per heavy atom. The van der Waals surface area contributed by atoms with Crippen LogP contribution in [0.15, 0.2) is 67.0 Å². The second kappa shape index (κ2) is 8.51. The van der Waals surface area contributed by atoms with E-state index < -0.39 is 0 Å². The van der Waals surface area contributed by atoms with Crippen molar-refractivity contribution < 1.29 is 5.11 Å². The van der Waals surface area contributed by atoms with Gasteiger partial charge in [-0.25, -0.2) is 0 Å². The van der Waals surface area contributed by atoms with Crippen LogP contribution < -0.4 is 0 Å². The number of aliphatic hydroxyl groups excluding tert-OH is 1. The third-order valence-corrected chi connectivity index (χ3v) is 5.40. The number of likely N-dealkylation sites (tertiary alicyclic amines) is 1. The fourth-order valence-electron chi connectivity index (χ4n) is 4.00. The summed E-state index contributed by atoms with van der Waals surface area (Å²) in [5.74, 6) is 0.720. The van der Waals surface area contributed by atoms with E-state index in [2.05, 4.69) is 46.4 Å².